The van der Waals surface area contributed by atoms with Gasteiger partial charge in [-0.1, -0.05) is 43.4 Å². The van der Waals surface area contributed by atoms with Gasteiger partial charge in [-0.2, -0.15) is 0 Å². The van der Waals surface area contributed by atoms with E-state index in [1.54, 1.807) is 13.1 Å². The summed E-state index contributed by atoms with van der Waals surface area (Å²) in [5.41, 5.74) is 2.47. The van der Waals surface area contributed by atoms with Gasteiger partial charge in [0.2, 0.25) is 5.75 Å². The minimum Gasteiger partial charge on any atom is -0.489 e. The number of hydrogen-bond donors (Lipinski definition) is 0. The molecule has 0 spiro atoms. The normalized spacial score (nSPS) is 11.5. The van der Waals surface area contributed by atoms with Crippen molar-refractivity contribution in [1.29, 1.82) is 0 Å². The highest BCUT2D eigenvalue weighted by Crippen LogP contribution is 2.34. The fraction of sp³-hybridized carbons (Fsp3) is 0.500. The number of fused-ring (bicyclic) bond motifs is 1. The van der Waals surface area contributed by atoms with Gasteiger partial charge in [-0.05, 0) is 52.2 Å². The predicted octanol–water partition coefficient (Wildman–Crippen LogP) is 6.48. The molecule has 2 rings (SSSR count). The largest absolute Gasteiger partial charge is 0.489 e. The molecular weight excluding hydrogens is 420 g/mol. The topological polar surface area (TPSA) is 83.6 Å². The van der Waals surface area contributed by atoms with Crippen LogP contribution in [0.4, 0.5) is 5.69 Å². The molecular formula is C26H36N2O5. The Labute approximate surface area is 195 Å². The molecule has 2 aromatic rings. The standard InChI is InChI=1S/C26H36N2O5/c1-6-7-8-9-16-32-24-22-14-13-21(28(30)31)18-23(22)27(5)26(29)25(24)33-17-15-20(4)12-10-11-19(2)3/h11,13-15,18H,6-10,12,16-17H2,1-5H3/b20-15+. The van der Waals surface area contributed by atoms with E-state index in [0.29, 0.717) is 23.3 Å². The molecule has 1 aromatic carbocycles. The fourth-order valence-corrected chi connectivity index (χ4v) is 3.52. The first kappa shape index (κ1) is 26.2. The van der Waals surface area contributed by atoms with Crippen molar-refractivity contribution in [2.75, 3.05) is 13.2 Å². The van der Waals surface area contributed by atoms with Gasteiger partial charge in [0.15, 0.2) is 5.75 Å². The highest BCUT2D eigenvalue weighted by molar-refractivity contribution is 5.89. The first-order chi connectivity index (χ1) is 15.8. The average molecular weight is 457 g/mol. The summed E-state index contributed by atoms with van der Waals surface area (Å²) in [6.07, 6.45) is 10.2. The van der Waals surface area contributed by atoms with Crippen molar-refractivity contribution in [1.82, 2.24) is 4.57 Å². The maximum Gasteiger partial charge on any atom is 0.297 e. The zero-order valence-electron chi connectivity index (χ0n) is 20.5. The lowest BCUT2D eigenvalue weighted by molar-refractivity contribution is -0.384. The Bertz CT molecular complexity index is 1080. The predicted molar refractivity (Wildman–Crippen MR) is 133 cm³/mol. The minimum atomic E-state index is -0.470. The van der Waals surface area contributed by atoms with Crippen LogP contribution in [-0.2, 0) is 7.05 Å². The molecule has 7 heteroatoms. The number of benzene rings is 1. The van der Waals surface area contributed by atoms with Crippen LogP contribution in [0.3, 0.4) is 0 Å². The van der Waals surface area contributed by atoms with E-state index >= 15 is 0 Å². The molecule has 0 amide bonds. The molecule has 0 atom stereocenters. The van der Waals surface area contributed by atoms with Crippen LogP contribution in [-0.4, -0.2) is 22.7 Å². The number of allylic oxidation sites excluding steroid dienone is 3. The van der Waals surface area contributed by atoms with Crippen LogP contribution < -0.4 is 15.0 Å². The second kappa shape index (κ2) is 12.8. The van der Waals surface area contributed by atoms with E-state index < -0.39 is 4.92 Å². The van der Waals surface area contributed by atoms with E-state index in [1.807, 2.05) is 13.0 Å². The van der Waals surface area contributed by atoms with Crippen molar-refractivity contribution in [3.8, 4) is 11.5 Å². The second-order valence-electron chi connectivity index (χ2n) is 8.57. The number of ether oxygens (including phenoxy) is 2. The molecule has 7 nitrogen and oxygen atoms in total. The summed E-state index contributed by atoms with van der Waals surface area (Å²) in [7, 11) is 1.59. The van der Waals surface area contributed by atoms with Crippen LogP contribution in [0, 0.1) is 10.1 Å². The first-order valence-corrected chi connectivity index (χ1v) is 11.6. The molecule has 0 fully saturated rings. The zero-order valence-corrected chi connectivity index (χ0v) is 20.5. The van der Waals surface area contributed by atoms with Gasteiger partial charge in [-0.25, -0.2) is 0 Å². The second-order valence-corrected chi connectivity index (χ2v) is 8.57. The lowest BCUT2D eigenvalue weighted by Crippen LogP contribution is -2.21. The third kappa shape index (κ3) is 7.48. The number of non-ortho nitro benzene ring substituents is 1. The van der Waals surface area contributed by atoms with Gasteiger partial charge in [-0.3, -0.25) is 14.9 Å². The number of aryl methyl sites for hydroxylation is 1. The molecule has 0 unspecified atom stereocenters. The molecule has 0 aliphatic carbocycles. The fourth-order valence-electron chi connectivity index (χ4n) is 3.52. The van der Waals surface area contributed by atoms with Gasteiger partial charge in [0.25, 0.3) is 11.2 Å². The van der Waals surface area contributed by atoms with Gasteiger partial charge >= 0.3 is 0 Å². The maximum atomic E-state index is 13.1. The molecule has 33 heavy (non-hydrogen) atoms. The Morgan fingerprint density at radius 3 is 2.52 bits per heavy atom. The average Bonchev–Trinajstić information content (AvgIpc) is 2.77. The highest BCUT2D eigenvalue weighted by Gasteiger charge is 2.20. The molecule has 1 heterocycles. The summed E-state index contributed by atoms with van der Waals surface area (Å²) in [5, 5.41) is 11.9. The van der Waals surface area contributed by atoms with Crippen molar-refractivity contribution in [2.45, 2.75) is 66.2 Å². The summed E-state index contributed by atoms with van der Waals surface area (Å²) in [6.45, 7) is 9.05. The minimum absolute atomic E-state index is 0.0741. The molecule has 0 saturated heterocycles. The van der Waals surface area contributed by atoms with E-state index in [1.165, 1.54) is 27.8 Å². The number of nitro groups is 1. The van der Waals surface area contributed by atoms with Crippen LogP contribution in [0.1, 0.15) is 66.2 Å². The van der Waals surface area contributed by atoms with Crippen molar-refractivity contribution >= 4 is 16.6 Å². The molecule has 0 N–H and O–H groups in total. The van der Waals surface area contributed by atoms with Crippen molar-refractivity contribution in [3.63, 3.8) is 0 Å². The van der Waals surface area contributed by atoms with E-state index in [0.717, 1.165) is 38.5 Å². The third-order valence-electron chi connectivity index (χ3n) is 5.50. The smallest absolute Gasteiger partial charge is 0.297 e. The summed E-state index contributed by atoms with van der Waals surface area (Å²) in [6, 6.07) is 4.45. The molecule has 180 valence electrons. The Hall–Kier alpha value is -3.09. The lowest BCUT2D eigenvalue weighted by atomic mass is 10.1. The summed E-state index contributed by atoms with van der Waals surface area (Å²) >= 11 is 0. The van der Waals surface area contributed by atoms with E-state index in [4.69, 9.17) is 9.47 Å². The summed E-state index contributed by atoms with van der Waals surface area (Å²) in [5.74, 6) is 0.498. The lowest BCUT2D eigenvalue weighted by Gasteiger charge is -2.16. The van der Waals surface area contributed by atoms with Crippen LogP contribution in [0.25, 0.3) is 10.9 Å². The number of unbranched alkanes of at least 4 members (excludes halogenated alkanes) is 3. The quantitative estimate of drug-likeness (QED) is 0.149. The van der Waals surface area contributed by atoms with Crippen LogP contribution in [0.15, 0.2) is 46.3 Å². The van der Waals surface area contributed by atoms with Gasteiger partial charge < -0.3 is 14.0 Å². The van der Waals surface area contributed by atoms with Crippen LogP contribution in [0.2, 0.25) is 0 Å². The number of nitrogens with zero attached hydrogens (tertiary/aromatic N) is 2. The molecule has 0 radical (unpaired) electrons. The summed E-state index contributed by atoms with van der Waals surface area (Å²) < 4.78 is 13.4. The molecule has 0 aliphatic rings. The van der Waals surface area contributed by atoms with Gasteiger partial charge in [0.05, 0.1) is 17.0 Å². The Kier molecular flexibility index (Phi) is 10.2. The van der Waals surface area contributed by atoms with Crippen LogP contribution in [0.5, 0.6) is 11.5 Å². The third-order valence-corrected chi connectivity index (χ3v) is 5.50. The first-order valence-electron chi connectivity index (χ1n) is 11.6. The number of nitro benzene ring substituents is 1. The monoisotopic (exact) mass is 456 g/mol. The van der Waals surface area contributed by atoms with Gasteiger partial charge in [0, 0.05) is 24.6 Å². The van der Waals surface area contributed by atoms with Gasteiger partial charge in [0.1, 0.15) is 6.61 Å². The van der Waals surface area contributed by atoms with E-state index in [2.05, 4.69) is 26.8 Å². The Morgan fingerprint density at radius 1 is 1.09 bits per heavy atom. The van der Waals surface area contributed by atoms with E-state index in [-0.39, 0.29) is 23.6 Å². The molecule has 0 saturated carbocycles. The molecule has 0 bridgehead atoms. The van der Waals surface area contributed by atoms with Crippen molar-refractivity contribution < 1.29 is 14.4 Å². The number of rotatable bonds is 13. The SMILES string of the molecule is CCCCCCOc1c(OC/C=C(\C)CCC=C(C)C)c(=O)n(C)c2cc([N+](=O)[O-])ccc12. The molecule has 0 aliphatic heterocycles. The zero-order chi connectivity index (χ0) is 24.4. The molecule has 1 aromatic heterocycles. The van der Waals surface area contributed by atoms with Gasteiger partial charge in [-0.15, -0.1) is 0 Å². The van der Waals surface area contributed by atoms with Crippen molar-refractivity contribution in [2.24, 2.45) is 7.05 Å². The maximum absolute atomic E-state index is 13.1. The Balaban J connectivity index is 2.35. The summed E-state index contributed by atoms with van der Waals surface area (Å²) in [4.78, 5) is 23.9. The Morgan fingerprint density at radius 2 is 1.85 bits per heavy atom. The van der Waals surface area contributed by atoms with Crippen molar-refractivity contribution in [3.05, 3.63) is 62.0 Å². The van der Waals surface area contributed by atoms with Crippen LogP contribution >= 0.6 is 0 Å². The number of pyridine rings is 1. The highest BCUT2D eigenvalue weighted by atomic mass is 16.6. The number of aromatic nitrogens is 1. The van der Waals surface area contributed by atoms with E-state index in [9.17, 15) is 14.9 Å². The number of hydrogen-bond acceptors (Lipinski definition) is 5.